The lowest BCUT2D eigenvalue weighted by molar-refractivity contribution is -0.160. The predicted molar refractivity (Wildman–Crippen MR) is 168 cm³/mol. The summed E-state index contributed by atoms with van der Waals surface area (Å²) in [6, 6.07) is 24.5. The van der Waals surface area contributed by atoms with E-state index in [1.807, 2.05) is 48.5 Å². The van der Waals surface area contributed by atoms with Crippen LogP contribution in [0.25, 0.3) is 0 Å². The summed E-state index contributed by atoms with van der Waals surface area (Å²) in [7, 11) is 3.20. The van der Waals surface area contributed by atoms with Crippen molar-refractivity contribution >= 4 is 29.3 Å². The fraction of sp³-hybridized carbons (Fsp3) is 0.229. The smallest absolute Gasteiger partial charge is 0.285 e. The van der Waals surface area contributed by atoms with Crippen molar-refractivity contribution in [3.63, 3.8) is 0 Å². The van der Waals surface area contributed by atoms with Crippen LogP contribution in [0.1, 0.15) is 55.0 Å². The second-order valence-electron chi connectivity index (χ2n) is 10.8. The Kier molecular flexibility index (Phi) is 9.09. The van der Waals surface area contributed by atoms with Gasteiger partial charge in [0.1, 0.15) is 24.7 Å². The van der Waals surface area contributed by atoms with E-state index in [1.54, 1.807) is 50.6 Å². The molecule has 0 bridgehead atoms. The number of ether oxygens (including phenoxy) is 4. The molecule has 1 fully saturated rings. The number of rotatable bonds is 12. The molecular formula is C35H31ClN2O8. The van der Waals surface area contributed by atoms with Crippen molar-refractivity contribution in [2.75, 3.05) is 14.2 Å². The minimum atomic E-state index is -0.490. The molecule has 3 amide bonds. The molecule has 236 valence electrons. The van der Waals surface area contributed by atoms with Gasteiger partial charge in [0.25, 0.3) is 17.7 Å². The van der Waals surface area contributed by atoms with Crippen LogP contribution in [-0.2, 0) is 18.1 Å². The van der Waals surface area contributed by atoms with E-state index in [2.05, 4.69) is 5.32 Å². The second kappa shape index (κ2) is 13.5. The standard InChI is InChI=1S/C35H31ClN2O8/c1-42-24-11-7-21(8-12-24)19-44-30-16-15-29(31(36)32(30)45-20-22-9-13-25(43-2)14-10-22)33(39)37-23-17-26(18-23)46-38-34(40)27-5-3-4-6-28(27)35(38)41/h3-16,23,26H,17-20H2,1-2H3,(H,37,39). The maximum atomic E-state index is 13.3. The zero-order chi connectivity index (χ0) is 32.2. The number of fused-ring (bicyclic) bond motifs is 1. The monoisotopic (exact) mass is 642 g/mol. The quantitative estimate of drug-likeness (QED) is 0.187. The van der Waals surface area contributed by atoms with Gasteiger partial charge < -0.3 is 24.3 Å². The van der Waals surface area contributed by atoms with E-state index >= 15 is 0 Å². The molecular weight excluding hydrogens is 612 g/mol. The summed E-state index contributed by atoms with van der Waals surface area (Å²) >= 11 is 6.80. The SMILES string of the molecule is COc1ccc(COc2ccc(C(=O)NC3CC(ON4C(=O)c5ccccc5C4=O)C3)c(Cl)c2OCc2ccc(OC)cc2)cc1. The van der Waals surface area contributed by atoms with E-state index in [0.717, 1.165) is 27.7 Å². The number of carbonyl (C=O) groups excluding carboxylic acids is 3. The Morgan fingerprint density at radius 2 is 1.33 bits per heavy atom. The summed E-state index contributed by atoms with van der Waals surface area (Å²) in [5, 5.41) is 3.87. The lowest BCUT2D eigenvalue weighted by Gasteiger charge is -2.36. The minimum Gasteiger partial charge on any atom is -0.497 e. The number of imide groups is 1. The van der Waals surface area contributed by atoms with Crippen LogP contribution in [0.5, 0.6) is 23.0 Å². The molecule has 6 rings (SSSR count). The number of nitrogens with zero attached hydrogens (tertiary/aromatic N) is 1. The molecule has 11 heteroatoms. The van der Waals surface area contributed by atoms with Crippen molar-refractivity contribution in [1.29, 1.82) is 0 Å². The first-order valence-electron chi connectivity index (χ1n) is 14.6. The fourth-order valence-electron chi connectivity index (χ4n) is 5.17. The number of halogens is 1. The summed E-state index contributed by atoms with van der Waals surface area (Å²) in [5.41, 5.74) is 2.61. The van der Waals surface area contributed by atoms with Crippen molar-refractivity contribution in [2.45, 2.75) is 38.2 Å². The third-order valence-electron chi connectivity index (χ3n) is 7.84. The molecule has 0 aromatic heterocycles. The first-order valence-corrected chi connectivity index (χ1v) is 15.0. The van der Waals surface area contributed by atoms with E-state index in [-0.39, 0.29) is 35.6 Å². The number of amides is 3. The highest BCUT2D eigenvalue weighted by atomic mass is 35.5. The molecule has 10 nitrogen and oxygen atoms in total. The molecule has 46 heavy (non-hydrogen) atoms. The molecule has 0 radical (unpaired) electrons. The van der Waals surface area contributed by atoms with Crippen LogP contribution in [0.2, 0.25) is 5.02 Å². The van der Waals surface area contributed by atoms with Crippen molar-refractivity contribution in [3.8, 4) is 23.0 Å². The summed E-state index contributed by atoms with van der Waals surface area (Å²) in [6.45, 7) is 0.411. The summed E-state index contributed by atoms with van der Waals surface area (Å²) in [5.74, 6) is 0.691. The molecule has 0 atom stereocenters. The maximum absolute atomic E-state index is 13.3. The molecule has 1 saturated carbocycles. The Bertz CT molecular complexity index is 1720. The second-order valence-corrected chi connectivity index (χ2v) is 11.2. The van der Waals surface area contributed by atoms with Crippen LogP contribution in [0.4, 0.5) is 0 Å². The molecule has 2 aliphatic rings. The van der Waals surface area contributed by atoms with Gasteiger partial charge in [0.2, 0.25) is 0 Å². The molecule has 1 aliphatic carbocycles. The molecule has 0 spiro atoms. The summed E-state index contributed by atoms with van der Waals surface area (Å²) in [4.78, 5) is 44.3. The van der Waals surface area contributed by atoms with E-state index in [0.29, 0.717) is 29.7 Å². The third-order valence-corrected chi connectivity index (χ3v) is 8.22. The number of hydrogen-bond donors (Lipinski definition) is 1. The fourth-order valence-corrected chi connectivity index (χ4v) is 5.46. The molecule has 4 aromatic rings. The zero-order valence-electron chi connectivity index (χ0n) is 25.2. The molecule has 0 saturated heterocycles. The van der Waals surface area contributed by atoms with Crippen LogP contribution in [0, 0.1) is 0 Å². The average molecular weight is 643 g/mol. The number of nitrogens with one attached hydrogen (secondary N) is 1. The Hall–Kier alpha value is -5.06. The summed E-state index contributed by atoms with van der Waals surface area (Å²) < 4.78 is 22.7. The number of hydroxylamine groups is 2. The van der Waals surface area contributed by atoms with Gasteiger partial charge in [-0.05, 0) is 72.5 Å². The van der Waals surface area contributed by atoms with Crippen molar-refractivity contribution in [2.24, 2.45) is 0 Å². The van der Waals surface area contributed by atoms with Crippen molar-refractivity contribution in [3.05, 3.63) is 118 Å². The largest absolute Gasteiger partial charge is 0.497 e. The average Bonchev–Trinajstić information content (AvgIpc) is 3.31. The van der Waals surface area contributed by atoms with Crippen molar-refractivity contribution in [1.82, 2.24) is 10.4 Å². The van der Waals surface area contributed by atoms with Gasteiger partial charge in [-0.25, -0.2) is 0 Å². The van der Waals surface area contributed by atoms with Gasteiger partial charge in [-0.3, -0.25) is 19.2 Å². The van der Waals surface area contributed by atoms with Gasteiger partial charge in [0.05, 0.1) is 42.0 Å². The van der Waals surface area contributed by atoms with Gasteiger partial charge in [0.15, 0.2) is 11.5 Å². The first-order chi connectivity index (χ1) is 22.3. The topological polar surface area (TPSA) is 113 Å². The Labute approximate surface area is 270 Å². The van der Waals surface area contributed by atoms with E-state index in [4.69, 9.17) is 35.4 Å². The highest BCUT2D eigenvalue weighted by Gasteiger charge is 2.41. The predicted octanol–water partition coefficient (Wildman–Crippen LogP) is 6.00. The summed E-state index contributed by atoms with van der Waals surface area (Å²) in [6.07, 6.45) is 0.432. The maximum Gasteiger partial charge on any atom is 0.285 e. The lowest BCUT2D eigenvalue weighted by atomic mass is 9.89. The molecule has 1 N–H and O–H groups in total. The molecule has 4 aromatic carbocycles. The van der Waals surface area contributed by atoms with E-state index in [9.17, 15) is 14.4 Å². The zero-order valence-corrected chi connectivity index (χ0v) is 25.9. The number of carbonyl (C=O) groups is 3. The van der Waals surface area contributed by atoms with Gasteiger partial charge in [-0.15, -0.1) is 5.06 Å². The van der Waals surface area contributed by atoms with E-state index in [1.165, 1.54) is 0 Å². The van der Waals surface area contributed by atoms with Gasteiger partial charge in [-0.2, -0.15) is 0 Å². The normalized spacial score (nSPS) is 16.8. The van der Waals surface area contributed by atoms with Gasteiger partial charge in [-0.1, -0.05) is 48.0 Å². The number of benzene rings is 4. The van der Waals surface area contributed by atoms with Crippen LogP contribution in [-0.4, -0.2) is 49.2 Å². The van der Waals surface area contributed by atoms with Crippen molar-refractivity contribution < 1.29 is 38.2 Å². The number of methoxy groups -OCH3 is 2. The van der Waals surface area contributed by atoms with Crippen LogP contribution in [0.3, 0.4) is 0 Å². The molecule has 0 unspecified atom stereocenters. The number of hydrogen-bond acceptors (Lipinski definition) is 8. The van der Waals surface area contributed by atoms with Crippen LogP contribution >= 0.6 is 11.6 Å². The van der Waals surface area contributed by atoms with Crippen LogP contribution in [0.15, 0.2) is 84.9 Å². The van der Waals surface area contributed by atoms with Crippen LogP contribution < -0.4 is 24.3 Å². The van der Waals surface area contributed by atoms with E-state index < -0.39 is 23.8 Å². The van der Waals surface area contributed by atoms with Gasteiger partial charge in [0, 0.05) is 6.04 Å². The third kappa shape index (κ3) is 6.49. The van der Waals surface area contributed by atoms with Gasteiger partial charge >= 0.3 is 0 Å². The highest BCUT2D eigenvalue weighted by Crippen LogP contribution is 2.39. The Morgan fingerprint density at radius 1 is 0.783 bits per heavy atom. The Balaban J connectivity index is 1.11. The molecule has 1 heterocycles. The molecule has 1 aliphatic heterocycles. The lowest BCUT2D eigenvalue weighted by Crippen LogP contribution is -2.50. The minimum absolute atomic E-state index is 0.108. The Morgan fingerprint density at radius 3 is 1.87 bits per heavy atom. The highest BCUT2D eigenvalue weighted by molar-refractivity contribution is 6.35. The first kappa shape index (κ1) is 30.9.